The van der Waals surface area contributed by atoms with Crippen molar-refractivity contribution in [2.75, 3.05) is 49.2 Å². The average Bonchev–Trinajstić information content (AvgIpc) is 1.55. The number of fused-ring (bicyclic) bond motifs is 9. The maximum atomic E-state index is 11.4. The van der Waals surface area contributed by atoms with Crippen LogP contribution in [0.1, 0.15) is 166 Å². The third kappa shape index (κ3) is 18.3. The van der Waals surface area contributed by atoms with Crippen molar-refractivity contribution < 1.29 is 54.2 Å². The van der Waals surface area contributed by atoms with E-state index in [1.165, 1.54) is 116 Å². The molecule has 15 rings (SSSR count). The second-order valence-corrected chi connectivity index (χ2v) is 36.4. The topological polar surface area (TPSA) is 180 Å². The number of carbonyl (C=O) groups excluding carboxylic acids is 2. The number of hydrogen-bond acceptors (Lipinski definition) is 12. The number of para-hydroxylation sites is 2. The summed E-state index contributed by atoms with van der Waals surface area (Å²) >= 11 is 14.5. The van der Waals surface area contributed by atoms with Crippen LogP contribution in [0.25, 0.3) is 32.7 Å². The lowest BCUT2D eigenvalue weighted by molar-refractivity contribution is -0.440. The summed E-state index contributed by atoms with van der Waals surface area (Å²) in [4.78, 5) is 27.4. The van der Waals surface area contributed by atoms with E-state index in [0.717, 1.165) is 118 Å². The van der Waals surface area contributed by atoms with Crippen molar-refractivity contribution >= 4 is 122 Å². The first kappa shape index (κ1) is 87.0. The van der Waals surface area contributed by atoms with Gasteiger partial charge < -0.3 is 28.4 Å². The summed E-state index contributed by atoms with van der Waals surface area (Å²) in [5.74, 6) is -0.549. The molecule has 18 heteroatoms. The summed E-state index contributed by atoms with van der Waals surface area (Å²) in [7, 11) is -8.54. The van der Waals surface area contributed by atoms with Gasteiger partial charge in [0.1, 0.15) is 33.4 Å². The molecule has 0 amide bonds. The Balaban J connectivity index is 0.000000173. The molecule has 0 N–H and O–H groups in total. The fourth-order valence-corrected chi connectivity index (χ4v) is 18.9. The lowest BCUT2D eigenvalue weighted by Crippen LogP contribution is -2.29. The van der Waals surface area contributed by atoms with Gasteiger partial charge in [-0.3, -0.25) is 9.59 Å². The smallest absolute Gasteiger partial charge is 0.302 e. The number of halogens is 2. The number of aryl methyl sites for hydroxylation is 2. The van der Waals surface area contributed by atoms with Gasteiger partial charge in [0.05, 0.1) is 32.2 Å². The monoisotopic (exact) mass is 1660 g/mol. The van der Waals surface area contributed by atoms with Crippen molar-refractivity contribution in [3.8, 4) is 0 Å². The molecule has 0 fully saturated rings. The normalized spacial score (nSPS) is 18.0. The first-order valence-corrected chi connectivity index (χ1v) is 44.2. The minimum Gasteiger partial charge on any atom is -0.744 e. The van der Waals surface area contributed by atoms with E-state index in [9.17, 15) is 35.5 Å². The largest absolute Gasteiger partial charge is 0.744 e. The SMILES string of the molecule is CC(=O)OCCN1/C(=C/C=C2\CCC(/C=C/C3=[N+](CCOC(C)=O)c4ccccc4C3(C)C)=C2Cl)C(C)(C)c2ccccc21.CCCCN1/C(=C/C=C2/C(Cl)=C(\C=C\C3=[N+](CCCC)c4ccc5ccccc5c4C3(C)C)c3ccccc32)C(C)(C)c2c1ccc1ccccc21.Cc1ccc(S(=O)(=O)[O-])cc1.Cc1ccc(S(=O)(=O)[O-])cc1. The van der Waals surface area contributed by atoms with E-state index in [1.807, 2.05) is 26.0 Å². The lowest BCUT2D eigenvalue weighted by atomic mass is 9.79. The van der Waals surface area contributed by atoms with Gasteiger partial charge in [-0.05, 0) is 176 Å². The predicted octanol–water partition coefficient (Wildman–Crippen LogP) is 22.7. The molecule has 2 aliphatic carbocycles. The molecule has 9 aromatic carbocycles. The zero-order valence-electron chi connectivity index (χ0n) is 70.0. The molecule has 612 valence electrons. The zero-order valence-corrected chi connectivity index (χ0v) is 73.2. The quantitative estimate of drug-likeness (QED) is 0.0401. The van der Waals surface area contributed by atoms with Gasteiger partial charge in [-0.1, -0.05) is 246 Å². The Labute approximate surface area is 707 Å². The molecule has 0 unspecified atom stereocenters. The van der Waals surface area contributed by atoms with E-state index >= 15 is 0 Å². The molecular weight excluding hydrogens is 1550 g/mol. The molecule has 4 aliphatic heterocycles. The number of nitrogens with zero attached hydrogens (tertiary/aromatic N) is 4. The van der Waals surface area contributed by atoms with Crippen LogP contribution in [0.4, 0.5) is 22.7 Å². The van der Waals surface area contributed by atoms with Crippen molar-refractivity contribution in [3.05, 3.63) is 320 Å². The second kappa shape index (κ2) is 36.1. The van der Waals surface area contributed by atoms with Crippen LogP contribution < -0.4 is 9.80 Å². The molecule has 14 nitrogen and oxygen atoms in total. The zero-order chi connectivity index (χ0) is 84.8. The Morgan fingerprint density at radius 2 is 0.975 bits per heavy atom. The first-order chi connectivity index (χ1) is 56.1. The molecule has 118 heavy (non-hydrogen) atoms. The van der Waals surface area contributed by atoms with Crippen LogP contribution in [0, 0.1) is 13.8 Å². The number of hydrogen-bond donors (Lipinski definition) is 0. The molecule has 0 atom stereocenters. The highest BCUT2D eigenvalue weighted by atomic mass is 35.5. The summed E-state index contributed by atoms with van der Waals surface area (Å²) in [6, 6.07) is 64.0. The van der Waals surface area contributed by atoms with Crippen molar-refractivity contribution in [3.63, 3.8) is 0 Å². The van der Waals surface area contributed by atoms with Gasteiger partial charge in [-0.25, -0.2) is 16.8 Å². The standard InChI is InChI=1S/C49H50ClN2.C37H42ClN2O4.2C7H8O3S/c1-7-9-31-51-41-27-23-33-17-11-13-19-35(33)45(41)48(3,4)43(51)29-25-39-37-21-15-16-22-38(37)40(47(39)50)26-30-44-49(5,6)46-36-20-14-12-18-34(36)24-28-42(46)52(44)32-10-8-2;1-25(41)43-23-21-39-31-13-9-7-11-29(31)36(3,4)33(39)19-17-27-15-16-28(35(27)38)18-20-34-37(5,6)30-12-8-10-14-32(30)40(34)22-24-44-26(2)42;2*1-6-2-4-7(5-3-6)11(8,9)10/h11-30H,7-10,31-32H2,1-6H3;7-14,17-20H,15-16,21-24H2,1-6H3;2*2-5H,1H3,(H,8,9,10)/q2*+1;;/p-2. The third-order valence-corrected chi connectivity index (χ3v) is 25.9. The van der Waals surface area contributed by atoms with Gasteiger partial charge in [0.25, 0.3) is 0 Å². The molecule has 6 aliphatic rings. The van der Waals surface area contributed by atoms with Crippen molar-refractivity contribution in [1.29, 1.82) is 0 Å². The minimum atomic E-state index is -4.27. The molecular formula is C100H106Cl2N4O10S2. The summed E-state index contributed by atoms with van der Waals surface area (Å²) in [6.45, 7) is 33.3. The Morgan fingerprint density at radius 1 is 0.466 bits per heavy atom. The van der Waals surface area contributed by atoms with E-state index in [1.54, 1.807) is 24.3 Å². The number of benzene rings is 9. The fourth-order valence-electron chi connectivity index (χ4n) is 17.3. The Bertz CT molecular complexity index is 5900. The molecule has 0 aromatic heterocycles. The molecule has 0 saturated heterocycles. The van der Waals surface area contributed by atoms with Crippen molar-refractivity contribution in [1.82, 2.24) is 0 Å². The first-order valence-electron chi connectivity index (χ1n) is 40.6. The van der Waals surface area contributed by atoms with Gasteiger partial charge in [-0.2, -0.15) is 9.15 Å². The number of unbranched alkanes of at least 4 members (excludes halogenated alkanes) is 2. The fraction of sp³-hybridized carbons (Fsp3) is 0.300. The number of allylic oxidation sites excluding steroid dienone is 16. The third-order valence-electron chi connectivity index (χ3n) is 23.3. The highest BCUT2D eigenvalue weighted by molar-refractivity contribution is 7.86. The van der Waals surface area contributed by atoms with Gasteiger partial charge in [-0.15, -0.1) is 0 Å². The van der Waals surface area contributed by atoms with E-state index in [-0.39, 0.29) is 43.4 Å². The molecule has 4 heterocycles. The summed E-state index contributed by atoms with van der Waals surface area (Å²) in [6.07, 6.45) is 24.2. The molecule has 0 saturated carbocycles. The highest BCUT2D eigenvalue weighted by Gasteiger charge is 2.48. The van der Waals surface area contributed by atoms with E-state index in [4.69, 9.17) is 32.7 Å². The van der Waals surface area contributed by atoms with Crippen molar-refractivity contribution in [2.45, 2.75) is 167 Å². The van der Waals surface area contributed by atoms with E-state index in [2.05, 4.69) is 270 Å². The van der Waals surface area contributed by atoms with Crippen LogP contribution in [0.5, 0.6) is 0 Å². The average molecular weight is 1660 g/mol. The summed E-state index contributed by atoms with van der Waals surface area (Å²) < 4.78 is 77.8. The van der Waals surface area contributed by atoms with E-state index in [0.29, 0.717) is 26.3 Å². The molecule has 0 bridgehead atoms. The number of ether oxygens (including phenoxy) is 2. The number of anilines is 2. The van der Waals surface area contributed by atoms with Gasteiger partial charge >= 0.3 is 11.9 Å². The Kier molecular flexibility index (Phi) is 26.6. The Hall–Kier alpha value is -10.3. The second-order valence-electron chi connectivity index (χ2n) is 32.8. The van der Waals surface area contributed by atoms with E-state index < -0.39 is 20.2 Å². The molecule has 9 aromatic rings. The summed E-state index contributed by atoms with van der Waals surface area (Å²) in [5, 5.41) is 6.88. The minimum absolute atomic E-state index is 0.163. The predicted molar refractivity (Wildman–Crippen MR) is 480 cm³/mol. The maximum absolute atomic E-state index is 11.4. The Morgan fingerprint density at radius 3 is 1.59 bits per heavy atom. The van der Waals surface area contributed by atoms with Crippen LogP contribution >= 0.6 is 23.2 Å². The maximum Gasteiger partial charge on any atom is 0.302 e. The van der Waals surface area contributed by atoms with Crippen LogP contribution in [0.15, 0.2) is 285 Å². The van der Waals surface area contributed by atoms with Crippen LogP contribution in [-0.4, -0.2) is 97.8 Å². The van der Waals surface area contributed by atoms with Crippen LogP contribution in [0.2, 0.25) is 0 Å². The number of rotatable bonds is 20. The van der Waals surface area contributed by atoms with Gasteiger partial charge in [0.2, 0.25) is 11.4 Å². The number of carbonyl (C=O) groups is 2. The highest BCUT2D eigenvalue weighted by Crippen LogP contribution is 2.54. The van der Waals surface area contributed by atoms with Crippen molar-refractivity contribution in [2.24, 2.45) is 0 Å². The van der Waals surface area contributed by atoms with Crippen LogP contribution in [0.3, 0.4) is 0 Å². The molecule has 0 radical (unpaired) electrons. The lowest BCUT2D eigenvalue weighted by Gasteiger charge is -2.27. The van der Waals surface area contributed by atoms with Crippen LogP contribution in [-0.2, 0) is 61.0 Å². The molecule has 0 spiro atoms. The van der Waals surface area contributed by atoms with Gasteiger partial charge in [0, 0.05) is 112 Å². The van der Waals surface area contributed by atoms with Gasteiger partial charge in [0.15, 0.2) is 24.6 Å². The number of esters is 2. The summed E-state index contributed by atoms with van der Waals surface area (Å²) in [5.41, 5.74) is 23.1.